The molecule has 7 nitrogen and oxygen atoms in total. The number of rotatable bonds is 5. The second-order valence-electron chi connectivity index (χ2n) is 10.7. The number of nitrogens with zero attached hydrogens (tertiary/aromatic N) is 2. The number of carbonyl (C=O) groups excluding carboxylic acids is 3. The van der Waals surface area contributed by atoms with Crippen LogP contribution in [-0.2, 0) is 19.7 Å². The number of hydrogen-bond donors (Lipinski definition) is 1. The number of Topliss-reactive ketones (excluding diaryl/α,β-unsaturated/α-hetero) is 1. The molecule has 1 unspecified atom stereocenters. The number of carbonyl (C=O) groups is 3. The van der Waals surface area contributed by atoms with Crippen molar-refractivity contribution in [1.82, 2.24) is 4.98 Å². The van der Waals surface area contributed by atoms with Crippen LogP contribution >= 0.6 is 0 Å². The molecule has 1 aliphatic rings. The van der Waals surface area contributed by atoms with E-state index in [1.807, 2.05) is 25.1 Å². The first-order chi connectivity index (χ1) is 17.9. The molecule has 1 aromatic heterocycles. The van der Waals surface area contributed by atoms with Gasteiger partial charge in [0.2, 0.25) is 0 Å². The summed E-state index contributed by atoms with van der Waals surface area (Å²) in [6.45, 7) is 11.6. The molecular formula is C31H32N2O5. The molecule has 4 rings (SSSR count). The number of ether oxygens (including phenoxy) is 1. The topological polar surface area (TPSA) is 96.8 Å². The third kappa shape index (κ3) is 5.09. The molecular weight excluding hydrogens is 480 g/mol. The van der Waals surface area contributed by atoms with Gasteiger partial charge in [-0.1, -0.05) is 39.0 Å². The number of ketones is 1. The molecule has 1 amide bonds. The average molecular weight is 513 g/mol. The maximum atomic E-state index is 13.5. The van der Waals surface area contributed by atoms with Crippen molar-refractivity contribution in [3.8, 4) is 0 Å². The standard InChI is InChI=1S/C31H32N2O5/c1-18(2)38-30(37)20-10-13-23(14-11-20)33-26(21-8-7-15-32-17-21)25(28(35)29(33)36)27(34)24-16-22(31(4,5)6)12-9-19(24)3/h7-18,26,34H,1-6H3/b27-25+. The summed E-state index contributed by atoms with van der Waals surface area (Å²) >= 11 is 0. The van der Waals surface area contributed by atoms with E-state index in [2.05, 4.69) is 25.8 Å². The van der Waals surface area contributed by atoms with Crippen LogP contribution in [0.3, 0.4) is 0 Å². The van der Waals surface area contributed by atoms with Gasteiger partial charge in [0.15, 0.2) is 0 Å². The number of aromatic nitrogens is 1. The molecule has 2 aromatic carbocycles. The van der Waals surface area contributed by atoms with E-state index in [1.54, 1.807) is 62.6 Å². The van der Waals surface area contributed by atoms with Gasteiger partial charge >= 0.3 is 5.97 Å². The van der Waals surface area contributed by atoms with Crippen molar-refractivity contribution in [3.63, 3.8) is 0 Å². The number of aryl methyl sites for hydroxylation is 1. The van der Waals surface area contributed by atoms with Crippen molar-refractivity contribution in [2.24, 2.45) is 0 Å². The molecule has 0 aliphatic carbocycles. The summed E-state index contributed by atoms with van der Waals surface area (Å²) in [4.78, 5) is 44.7. The monoisotopic (exact) mass is 512 g/mol. The molecule has 1 N–H and O–H groups in total. The maximum Gasteiger partial charge on any atom is 0.338 e. The van der Waals surface area contributed by atoms with E-state index in [-0.39, 0.29) is 22.9 Å². The minimum absolute atomic E-state index is 0.0135. The van der Waals surface area contributed by atoms with E-state index < -0.39 is 23.7 Å². The Balaban J connectivity index is 1.87. The van der Waals surface area contributed by atoms with Crippen LogP contribution in [-0.4, -0.2) is 33.9 Å². The Morgan fingerprint density at radius 2 is 1.74 bits per heavy atom. The first-order valence-electron chi connectivity index (χ1n) is 12.5. The van der Waals surface area contributed by atoms with Gasteiger partial charge in [0, 0.05) is 23.6 Å². The van der Waals surface area contributed by atoms with Crippen LogP contribution in [0.1, 0.15) is 73.3 Å². The molecule has 1 aliphatic heterocycles. The molecule has 196 valence electrons. The number of esters is 1. The van der Waals surface area contributed by atoms with E-state index in [0.717, 1.165) is 11.1 Å². The van der Waals surface area contributed by atoms with Crippen molar-refractivity contribution < 1.29 is 24.2 Å². The normalized spacial score (nSPS) is 17.2. The molecule has 1 fully saturated rings. The van der Waals surface area contributed by atoms with Crippen LogP contribution in [0.15, 0.2) is 72.6 Å². The van der Waals surface area contributed by atoms with Gasteiger partial charge in [-0.3, -0.25) is 19.5 Å². The summed E-state index contributed by atoms with van der Waals surface area (Å²) in [5, 5.41) is 11.6. The van der Waals surface area contributed by atoms with Gasteiger partial charge in [-0.05, 0) is 79.3 Å². The van der Waals surface area contributed by atoms with Crippen molar-refractivity contribution in [2.45, 2.75) is 59.1 Å². The second kappa shape index (κ2) is 10.2. The van der Waals surface area contributed by atoms with Crippen LogP contribution in [0, 0.1) is 6.92 Å². The van der Waals surface area contributed by atoms with E-state index in [4.69, 9.17) is 4.74 Å². The van der Waals surface area contributed by atoms with Gasteiger partial charge < -0.3 is 9.84 Å². The van der Waals surface area contributed by atoms with E-state index in [0.29, 0.717) is 22.4 Å². The van der Waals surface area contributed by atoms with E-state index in [1.165, 1.54) is 4.90 Å². The largest absolute Gasteiger partial charge is 0.507 e. The third-order valence-corrected chi connectivity index (χ3v) is 6.53. The number of benzene rings is 2. The van der Waals surface area contributed by atoms with Gasteiger partial charge in [-0.25, -0.2) is 4.79 Å². The highest BCUT2D eigenvalue weighted by Gasteiger charge is 2.47. The zero-order valence-corrected chi connectivity index (χ0v) is 22.5. The molecule has 1 atom stereocenters. The predicted octanol–water partition coefficient (Wildman–Crippen LogP) is 5.88. The quantitative estimate of drug-likeness (QED) is 0.198. The molecule has 0 saturated carbocycles. The summed E-state index contributed by atoms with van der Waals surface area (Å²) in [5.74, 6) is -2.28. The first kappa shape index (κ1) is 26.8. The van der Waals surface area contributed by atoms with Gasteiger partial charge in [0.25, 0.3) is 11.7 Å². The molecule has 2 heterocycles. The number of pyridine rings is 1. The fourth-order valence-corrected chi connectivity index (χ4v) is 4.48. The number of aliphatic hydroxyl groups excluding tert-OH is 1. The van der Waals surface area contributed by atoms with Gasteiger partial charge in [0.05, 0.1) is 23.3 Å². The fraction of sp³-hybridized carbons (Fsp3) is 0.290. The maximum absolute atomic E-state index is 13.5. The predicted molar refractivity (Wildman–Crippen MR) is 146 cm³/mol. The highest BCUT2D eigenvalue weighted by molar-refractivity contribution is 6.51. The number of hydrogen-bond acceptors (Lipinski definition) is 6. The Labute approximate surface area is 222 Å². The Kier molecular flexibility index (Phi) is 7.22. The summed E-state index contributed by atoms with van der Waals surface area (Å²) in [6.07, 6.45) is 2.90. The van der Waals surface area contributed by atoms with E-state index in [9.17, 15) is 19.5 Å². The lowest BCUT2D eigenvalue weighted by molar-refractivity contribution is -0.132. The minimum Gasteiger partial charge on any atom is -0.507 e. The lowest BCUT2D eigenvalue weighted by Crippen LogP contribution is -2.29. The second-order valence-corrected chi connectivity index (χ2v) is 10.7. The molecule has 0 bridgehead atoms. The summed E-state index contributed by atoms with van der Waals surface area (Å²) in [6, 6.07) is 14.6. The number of anilines is 1. The molecule has 1 saturated heterocycles. The van der Waals surface area contributed by atoms with Crippen molar-refractivity contribution in [3.05, 3.63) is 100 Å². The Bertz CT molecular complexity index is 1420. The highest BCUT2D eigenvalue weighted by Crippen LogP contribution is 2.42. The molecule has 3 aromatic rings. The SMILES string of the molecule is Cc1ccc(C(C)(C)C)cc1/C(O)=C1\C(=O)C(=O)N(c2ccc(C(=O)OC(C)C)cc2)C1c1cccnc1. The Morgan fingerprint density at radius 3 is 2.32 bits per heavy atom. The third-order valence-electron chi connectivity index (χ3n) is 6.53. The van der Waals surface area contributed by atoms with E-state index >= 15 is 0 Å². The molecule has 7 heteroatoms. The summed E-state index contributed by atoms with van der Waals surface area (Å²) < 4.78 is 5.25. The number of aliphatic hydroxyl groups is 1. The zero-order chi connectivity index (χ0) is 27.8. The molecule has 0 spiro atoms. The summed E-state index contributed by atoms with van der Waals surface area (Å²) in [7, 11) is 0. The highest BCUT2D eigenvalue weighted by atomic mass is 16.5. The fourth-order valence-electron chi connectivity index (χ4n) is 4.48. The van der Waals surface area contributed by atoms with Crippen molar-refractivity contribution >= 4 is 29.1 Å². The zero-order valence-electron chi connectivity index (χ0n) is 22.5. The lowest BCUT2D eigenvalue weighted by atomic mass is 9.84. The first-order valence-corrected chi connectivity index (χ1v) is 12.5. The Hall–Kier alpha value is -4.26. The van der Waals surface area contributed by atoms with Crippen molar-refractivity contribution in [1.29, 1.82) is 0 Å². The van der Waals surface area contributed by atoms with Gasteiger partial charge in [-0.15, -0.1) is 0 Å². The number of amides is 1. The van der Waals surface area contributed by atoms with Gasteiger partial charge in [-0.2, -0.15) is 0 Å². The van der Waals surface area contributed by atoms with Crippen LogP contribution in [0.25, 0.3) is 5.76 Å². The molecule has 0 radical (unpaired) electrons. The average Bonchev–Trinajstić information content (AvgIpc) is 3.13. The molecule has 38 heavy (non-hydrogen) atoms. The Morgan fingerprint density at radius 1 is 1.05 bits per heavy atom. The minimum atomic E-state index is -0.908. The van der Waals surface area contributed by atoms with Crippen LogP contribution in [0.2, 0.25) is 0 Å². The van der Waals surface area contributed by atoms with Crippen molar-refractivity contribution in [2.75, 3.05) is 4.90 Å². The van der Waals surface area contributed by atoms with Crippen LogP contribution in [0.5, 0.6) is 0 Å². The lowest BCUT2D eigenvalue weighted by Gasteiger charge is -2.26. The summed E-state index contributed by atoms with van der Waals surface area (Å²) in [5.41, 5.74) is 3.36. The van der Waals surface area contributed by atoms with Gasteiger partial charge in [0.1, 0.15) is 5.76 Å². The van der Waals surface area contributed by atoms with Crippen LogP contribution in [0.4, 0.5) is 5.69 Å². The van der Waals surface area contributed by atoms with Crippen LogP contribution < -0.4 is 4.90 Å². The smallest absolute Gasteiger partial charge is 0.338 e.